The van der Waals surface area contributed by atoms with Gasteiger partial charge in [0, 0.05) is 23.2 Å². The minimum absolute atomic E-state index is 0.0507. The third-order valence-corrected chi connectivity index (χ3v) is 6.34. The first-order valence-electron chi connectivity index (χ1n) is 9.27. The number of amides is 1. The Morgan fingerprint density at radius 3 is 2.52 bits per heavy atom. The highest BCUT2D eigenvalue weighted by atomic mass is 16.1. The number of hydrogen-bond donors (Lipinski definition) is 1. The van der Waals surface area contributed by atoms with Crippen LogP contribution in [-0.4, -0.2) is 11.7 Å². The Morgan fingerprint density at radius 1 is 0.960 bits per heavy atom. The number of benzene rings is 2. The van der Waals surface area contributed by atoms with E-state index in [1.54, 1.807) is 0 Å². The molecule has 2 aromatic carbocycles. The molecule has 1 amide bonds. The second kappa shape index (κ2) is 5.55. The molecule has 2 aromatic rings. The van der Waals surface area contributed by atoms with Crippen molar-refractivity contribution in [1.82, 2.24) is 0 Å². The maximum Gasteiger partial charge on any atom is 0.224 e. The average Bonchev–Trinajstić information content (AvgIpc) is 3.30. The van der Waals surface area contributed by atoms with Crippen molar-refractivity contribution >= 4 is 17.4 Å². The fourth-order valence-electron chi connectivity index (χ4n) is 5.18. The predicted octanol–water partition coefficient (Wildman–Crippen LogP) is 4.66. The van der Waals surface area contributed by atoms with E-state index in [-0.39, 0.29) is 11.7 Å². The van der Waals surface area contributed by atoms with Gasteiger partial charge in [-0.3, -0.25) is 9.59 Å². The van der Waals surface area contributed by atoms with Gasteiger partial charge in [0.25, 0.3) is 0 Å². The quantitative estimate of drug-likeness (QED) is 0.758. The fraction of sp³-hybridized carbons (Fsp3) is 0.364. The summed E-state index contributed by atoms with van der Waals surface area (Å²) in [7, 11) is 0. The Hall–Kier alpha value is -2.42. The molecule has 3 nitrogen and oxygen atoms in total. The normalized spacial score (nSPS) is 25.8. The van der Waals surface area contributed by atoms with Gasteiger partial charge in [-0.15, -0.1) is 0 Å². The first-order chi connectivity index (χ1) is 12.2. The van der Waals surface area contributed by atoms with Crippen molar-refractivity contribution in [1.29, 1.82) is 0 Å². The Balaban J connectivity index is 1.33. The number of rotatable bonds is 3. The number of hydrogen-bond acceptors (Lipinski definition) is 2. The highest BCUT2D eigenvalue weighted by Gasteiger charge is 2.40. The zero-order chi connectivity index (χ0) is 17.0. The third kappa shape index (κ3) is 2.41. The van der Waals surface area contributed by atoms with E-state index >= 15 is 0 Å². The molecule has 2 bridgehead atoms. The van der Waals surface area contributed by atoms with Gasteiger partial charge in [-0.1, -0.05) is 36.8 Å². The largest absolute Gasteiger partial charge is 0.326 e. The molecule has 0 saturated heterocycles. The Labute approximate surface area is 147 Å². The number of anilines is 1. The van der Waals surface area contributed by atoms with E-state index in [1.165, 1.54) is 25.7 Å². The molecule has 0 aromatic heterocycles. The lowest BCUT2D eigenvalue weighted by Gasteiger charge is -2.21. The molecule has 3 aliphatic carbocycles. The molecule has 126 valence electrons. The first-order valence-corrected chi connectivity index (χ1v) is 9.27. The van der Waals surface area contributed by atoms with Crippen LogP contribution in [0.25, 0.3) is 11.1 Å². The van der Waals surface area contributed by atoms with Crippen molar-refractivity contribution in [2.75, 3.05) is 5.32 Å². The van der Waals surface area contributed by atoms with Crippen LogP contribution in [0.1, 0.15) is 48.0 Å². The Bertz CT molecular complexity index is 885. The van der Waals surface area contributed by atoms with Gasteiger partial charge in [0.05, 0.1) is 0 Å². The van der Waals surface area contributed by atoms with Crippen molar-refractivity contribution in [3.8, 4) is 11.1 Å². The van der Waals surface area contributed by atoms with Crippen molar-refractivity contribution in [2.24, 2.45) is 17.8 Å². The number of fused-ring (bicyclic) bond motifs is 5. The summed E-state index contributed by atoms with van der Waals surface area (Å²) in [5.74, 6) is 2.31. The van der Waals surface area contributed by atoms with Crippen LogP contribution < -0.4 is 5.32 Å². The fourth-order valence-corrected chi connectivity index (χ4v) is 5.18. The maximum absolute atomic E-state index is 12.6. The topological polar surface area (TPSA) is 46.2 Å². The molecule has 0 aliphatic heterocycles. The van der Waals surface area contributed by atoms with Gasteiger partial charge in [0.15, 0.2) is 5.78 Å². The van der Waals surface area contributed by atoms with Gasteiger partial charge in [0.2, 0.25) is 5.91 Å². The predicted molar refractivity (Wildman–Crippen MR) is 97.5 cm³/mol. The van der Waals surface area contributed by atoms with E-state index in [9.17, 15) is 9.59 Å². The van der Waals surface area contributed by atoms with E-state index in [1.807, 2.05) is 42.5 Å². The summed E-state index contributed by atoms with van der Waals surface area (Å²) in [6.07, 6.45) is 5.82. The lowest BCUT2D eigenvalue weighted by molar-refractivity contribution is -0.117. The lowest BCUT2D eigenvalue weighted by Crippen LogP contribution is -2.20. The summed E-state index contributed by atoms with van der Waals surface area (Å²) in [5, 5.41) is 3.01. The van der Waals surface area contributed by atoms with Gasteiger partial charge in [-0.25, -0.2) is 0 Å². The van der Waals surface area contributed by atoms with Gasteiger partial charge >= 0.3 is 0 Å². The Morgan fingerprint density at radius 2 is 1.76 bits per heavy atom. The van der Waals surface area contributed by atoms with Crippen molar-refractivity contribution in [3.05, 3.63) is 53.6 Å². The summed E-state index contributed by atoms with van der Waals surface area (Å²) in [6, 6.07) is 13.4. The second-order valence-corrected chi connectivity index (χ2v) is 7.82. The molecule has 2 fully saturated rings. The molecular formula is C22H21NO2. The summed E-state index contributed by atoms with van der Waals surface area (Å²) in [6.45, 7) is 0. The summed E-state index contributed by atoms with van der Waals surface area (Å²) < 4.78 is 0. The molecular weight excluding hydrogens is 310 g/mol. The van der Waals surface area contributed by atoms with Gasteiger partial charge < -0.3 is 5.32 Å². The zero-order valence-corrected chi connectivity index (χ0v) is 14.1. The third-order valence-electron chi connectivity index (χ3n) is 6.34. The van der Waals surface area contributed by atoms with Crippen LogP contribution in [-0.2, 0) is 4.79 Å². The molecule has 5 rings (SSSR count). The van der Waals surface area contributed by atoms with Crippen LogP contribution in [0, 0.1) is 17.8 Å². The molecule has 3 atom stereocenters. The standard InChI is InChI=1S/C22H21NO2/c24-21(11-15-10-13-5-6-14(15)9-13)23-16-7-8-18-17-3-1-2-4-19(17)22(25)20(18)12-16/h1-4,7-8,12-15H,5-6,9-11H2,(H,23,24)/t13-,14+,15-/m0/s1. The van der Waals surface area contributed by atoms with E-state index < -0.39 is 0 Å². The molecule has 0 radical (unpaired) electrons. The first kappa shape index (κ1) is 14.9. The molecule has 0 unspecified atom stereocenters. The van der Waals surface area contributed by atoms with Crippen LogP contribution in [0.15, 0.2) is 42.5 Å². The van der Waals surface area contributed by atoms with Crippen LogP contribution in [0.3, 0.4) is 0 Å². The molecule has 2 saturated carbocycles. The molecule has 1 N–H and O–H groups in total. The van der Waals surface area contributed by atoms with E-state index in [2.05, 4.69) is 5.32 Å². The van der Waals surface area contributed by atoms with Gasteiger partial charge in [-0.05, 0) is 60.3 Å². The molecule has 0 heterocycles. The van der Waals surface area contributed by atoms with E-state index in [0.717, 1.165) is 34.2 Å². The van der Waals surface area contributed by atoms with Crippen molar-refractivity contribution < 1.29 is 9.59 Å². The zero-order valence-electron chi connectivity index (χ0n) is 14.1. The molecule has 3 heteroatoms. The van der Waals surface area contributed by atoms with Crippen LogP contribution >= 0.6 is 0 Å². The van der Waals surface area contributed by atoms with E-state index in [4.69, 9.17) is 0 Å². The summed E-state index contributed by atoms with van der Waals surface area (Å²) >= 11 is 0. The monoisotopic (exact) mass is 331 g/mol. The number of carbonyl (C=O) groups is 2. The molecule has 3 aliphatic rings. The number of carbonyl (C=O) groups excluding carboxylic acids is 2. The summed E-state index contributed by atoms with van der Waals surface area (Å²) in [4.78, 5) is 25.0. The number of nitrogens with one attached hydrogen (secondary N) is 1. The van der Waals surface area contributed by atoms with Crippen molar-refractivity contribution in [2.45, 2.75) is 32.1 Å². The average molecular weight is 331 g/mol. The summed E-state index contributed by atoms with van der Waals surface area (Å²) in [5.41, 5.74) is 4.13. The van der Waals surface area contributed by atoms with Crippen LogP contribution in [0.4, 0.5) is 5.69 Å². The molecule has 0 spiro atoms. The number of ketones is 1. The SMILES string of the molecule is O=C(C[C@@H]1C[C@H]2CC[C@@H]1C2)Nc1ccc2c(c1)C(=O)c1ccccc1-2. The minimum Gasteiger partial charge on any atom is -0.326 e. The van der Waals surface area contributed by atoms with Gasteiger partial charge in [-0.2, -0.15) is 0 Å². The van der Waals surface area contributed by atoms with Gasteiger partial charge in [0.1, 0.15) is 0 Å². The minimum atomic E-state index is 0.0507. The van der Waals surface area contributed by atoms with Crippen molar-refractivity contribution in [3.63, 3.8) is 0 Å². The lowest BCUT2D eigenvalue weighted by atomic mass is 9.86. The Kier molecular flexibility index (Phi) is 3.30. The van der Waals surface area contributed by atoms with Crippen LogP contribution in [0.2, 0.25) is 0 Å². The molecule has 25 heavy (non-hydrogen) atoms. The second-order valence-electron chi connectivity index (χ2n) is 7.82. The van der Waals surface area contributed by atoms with E-state index in [0.29, 0.717) is 17.9 Å². The maximum atomic E-state index is 12.6. The smallest absolute Gasteiger partial charge is 0.224 e. The van der Waals surface area contributed by atoms with Crippen LogP contribution in [0.5, 0.6) is 0 Å². The highest BCUT2D eigenvalue weighted by Crippen LogP contribution is 2.49. The highest BCUT2D eigenvalue weighted by molar-refractivity contribution is 6.22.